The molecule has 0 N–H and O–H groups in total. The monoisotopic (exact) mass is 219 g/mol. The molecule has 0 radical (unpaired) electrons. The summed E-state index contributed by atoms with van der Waals surface area (Å²) in [5, 5.41) is 0.343. The van der Waals surface area contributed by atoms with E-state index in [4.69, 9.17) is 9.15 Å². The molecule has 0 spiro atoms. The van der Waals surface area contributed by atoms with Crippen LogP contribution in [0.15, 0.2) is 33.5 Å². The van der Waals surface area contributed by atoms with Gasteiger partial charge in [0.15, 0.2) is 0 Å². The molecule has 2 rings (SSSR count). The van der Waals surface area contributed by atoms with E-state index in [9.17, 15) is 9.59 Å². The van der Waals surface area contributed by atoms with E-state index >= 15 is 0 Å². The number of hydrogen-bond acceptors (Lipinski definition) is 5. The smallest absolute Gasteiger partial charge is 0.394 e. The summed E-state index contributed by atoms with van der Waals surface area (Å²) in [5.41, 5.74) is -0.171. The number of para-hydroxylation sites is 1. The first kappa shape index (κ1) is 10.4. The minimum Gasteiger partial charge on any atom is -0.459 e. The van der Waals surface area contributed by atoms with Crippen LogP contribution in [-0.4, -0.2) is 17.6 Å². The van der Waals surface area contributed by atoms with Crippen molar-refractivity contribution in [1.82, 2.24) is 4.98 Å². The van der Waals surface area contributed by atoms with Crippen molar-refractivity contribution >= 4 is 16.9 Å². The van der Waals surface area contributed by atoms with Gasteiger partial charge >= 0.3 is 17.5 Å². The molecule has 0 aliphatic heterocycles. The topological polar surface area (TPSA) is 69.4 Å². The number of carbonyl (C=O) groups is 1. The normalized spacial score (nSPS) is 10.3. The predicted molar refractivity (Wildman–Crippen MR) is 56.2 cm³/mol. The Morgan fingerprint density at radius 2 is 2.19 bits per heavy atom. The van der Waals surface area contributed by atoms with E-state index in [-0.39, 0.29) is 12.5 Å². The van der Waals surface area contributed by atoms with Crippen LogP contribution in [0.2, 0.25) is 0 Å². The van der Waals surface area contributed by atoms with Crippen LogP contribution < -0.4 is 5.63 Å². The number of ether oxygens (including phenoxy) is 1. The van der Waals surface area contributed by atoms with Crippen molar-refractivity contribution in [2.45, 2.75) is 6.92 Å². The van der Waals surface area contributed by atoms with Gasteiger partial charge in [-0.3, -0.25) is 0 Å². The third kappa shape index (κ3) is 1.79. The minimum atomic E-state index is -0.731. The predicted octanol–water partition coefficient (Wildman–Crippen LogP) is 1.36. The Morgan fingerprint density at radius 1 is 1.44 bits per heavy atom. The van der Waals surface area contributed by atoms with Crippen LogP contribution in [0.25, 0.3) is 10.9 Å². The first-order valence-electron chi connectivity index (χ1n) is 4.79. The van der Waals surface area contributed by atoms with Crippen molar-refractivity contribution in [3.63, 3.8) is 0 Å². The van der Waals surface area contributed by atoms with E-state index in [1.54, 1.807) is 31.2 Å². The van der Waals surface area contributed by atoms with Crippen molar-refractivity contribution in [3.8, 4) is 0 Å². The lowest BCUT2D eigenvalue weighted by atomic mass is 10.2. The van der Waals surface area contributed by atoms with Gasteiger partial charge in [0.1, 0.15) is 0 Å². The Bertz CT molecular complexity index is 588. The van der Waals surface area contributed by atoms with Crippen molar-refractivity contribution in [3.05, 3.63) is 40.6 Å². The molecule has 5 heteroatoms. The first-order chi connectivity index (χ1) is 7.72. The summed E-state index contributed by atoms with van der Waals surface area (Å²) in [6.45, 7) is 1.87. The van der Waals surface area contributed by atoms with Gasteiger partial charge in [-0.15, -0.1) is 0 Å². The van der Waals surface area contributed by atoms with E-state index in [1.165, 1.54) is 0 Å². The summed E-state index contributed by atoms with van der Waals surface area (Å²) in [6.07, 6.45) is 0. The van der Waals surface area contributed by atoms with E-state index in [0.717, 1.165) is 0 Å². The molecule has 1 aromatic heterocycles. The third-order valence-electron chi connectivity index (χ3n) is 1.99. The lowest BCUT2D eigenvalue weighted by molar-refractivity contribution is 0.0474. The summed E-state index contributed by atoms with van der Waals surface area (Å²) in [4.78, 5) is 26.7. The second kappa shape index (κ2) is 4.14. The molecule has 2 aromatic rings. The number of carbonyl (C=O) groups excluding carboxylic acids is 1. The molecular weight excluding hydrogens is 210 g/mol. The molecule has 82 valence electrons. The van der Waals surface area contributed by atoms with Gasteiger partial charge in [0, 0.05) is 0 Å². The lowest BCUT2D eigenvalue weighted by Crippen LogP contribution is -2.12. The molecule has 0 bridgehead atoms. The summed E-state index contributed by atoms with van der Waals surface area (Å²) in [6, 6.07) is 6.65. The maximum atomic E-state index is 11.5. The van der Waals surface area contributed by atoms with Gasteiger partial charge in [0.2, 0.25) is 0 Å². The maximum absolute atomic E-state index is 11.5. The fourth-order valence-electron chi connectivity index (χ4n) is 1.30. The first-order valence-corrected chi connectivity index (χ1v) is 4.79. The van der Waals surface area contributed by atoms with Crippen LogP contribution in [0.1, 0.15) is 17.6 Å². The van der Waals surface area contributed by atoms with Crippen LogP contribution in [0.4, 0.5) is 0 Å². The summed E-state index contributed by atoms with van der Waals surface area (Å²) < 4.78 is 9.46. The van der Waals surface area contributed by atoms with Gasteiger partial charge in [-0.2, -0.15) is 0 Å². The standard InChI is InChI=1S/C11H9NO4/c1-2-15-11(14)9-12-8-6-4-3-5-7(8)10(13)16-9/h3-6H,2H2,1H3. The fraction of sp³-hybridized carbons (Fsp3) is 0.182. The van der Waals surface area contributed by atoms with Gasteiger partial charge in [-0.1, -0.05) is 12.1 Å². The molecule has 1 aromatic carbocycles. The number of aromatic nitrogens is 1. The van der Waals surface area contributed by atoms with Crippen molar-refractivity contribution in [2.75, 3.05) is 6.61 Å². The van der Waals surface area contributed by atoms with E-state index in [1.807, 2.05) is 0 Å². The van der Waals surface area contributed by atoms with Crippen LogP contribution in [0.5, 0.6) is 0 Å². The zero-order valence-electron chi connectivity index (χ0n) is 8.60. The highest BCUT2D eigenvalue weighted by Gasteiger charge is 2.14. The lowest BCUT2D eigenvalue weighted by Gasteiger charge is -2.00. The second-order valence-corrected chi connectivity index (χ2v) is 3.04. The molecule has 0 aliphatic carbocycles. The number of benzene rings is 1. The average molecular weight is 219 g/mol. The number of nitrogens with zero attached hydrogens (tertiary/aromatic N) is 1. The van der Waals surface area contributed by atoms with Gasteiger partial charge in [-0.25, -0.2) is 14.6 Å². The van der Waals surface area contributed by atoms with Crippen LogP contribution >= 0.6 is 0 Å². The molecule has 0 atom stereocenters. The molecule has 0 fully saturated rings. The molecule has 0 amide bonds. The number of fused-ring (bicyclic) bond motifs is 1. The molecular formula is C11H9NO4. The molecule has 0 saturated carbocycles. The Hall–Kier alpha value is -2.17. The second-order valence-electron chi connectivity index (χ2n) is 3.04. The molecule has 16 heavy (non-hydrogen) atoms. The van der Waals surface area contributed by atoms with Gasteiger partial charge < -0.3 is 9.15 Å². The Kier molecular flexibility index (Phi) is 2.68. The van der Waals surface area contributed by atoms with Gasteiger partial charge in [0.25, 0.3) is 0 Å². The number of hydrogen-bond donors (Lipinski definition) is 0. The van der Waals surface area contributed by atoms with Gasteiger partial charge in [0.05, 0.1) is 17.5 Å². The quantitative estimate of drug-likeness (QED) is 0.713. The Morgan fingerprint density at radius 3 is 2.94 bits per heavy atom. The summed E-state index contributed by atoms with van der Waals surface area (Å²) in [5.74, 6) is -1.05. The van der Waals surface area contributed by atoms with E-state index < -0.39 is 11.6 Å². The van der Waals surface area contributed by atoms with Crippen molar-refractivity contribution in [1.29, 1.82) is 0 Å². The van der Waals surface area contributed by atoms with E-state index in [2.05, 4.69) is 4.98 Å². The van der Waals surface area contributed by atoms with E-state index in [0.29, 0.717) is 10.9 Å². The molecule has 1 heterocycles. The SMILES string of the molecule is CCOC(=O)c1nc2ccccc2c(=O)o1. The Balaban J connectivity index is 2.58. The van der Waals surface area contributed by atoms with Crippen LogP contribution in [0, 0.1) is 0 Å². The molecule has 5 nitrogen and oxygen atoms in total. The highest BCUT2D eigenvalue weighted by Crippen LogP contribution is 2.07. The zero-order chi connectivity index (χ0) is 11.5. The van der Waals surface area contributed by atoms with Crippen LogP contribution in [0.3, 0.4) is 0 Å². The number of esters is 1. The largest absolute Gasteiger partial charge is 0.459 e. The summed E-state index contributed by atoms with van der Waals surface area (Å²) in [7, 11) is 0. The zero-order valence-corrected chi connectivity index (χ0v) is 8.60. The molecule has 0 aliphatic rings. The highest BCUT2D eigenvalue weighted by atomic mass is 16.5. The molecule has 0 unspecified atom stereocenters. The highest BCUT2D eigenvalue weighted by molar-refractivity contribution is 5.87. The van der Waals surface area contributed by atoms with Crippen LogP contribution in [-0.2, 0) is 4.74 Å². The summed E-state index contributed by atoms with van der Waals surface area (Å²) >= 11 is 0. The maximum Gasteiger partial charge on any atom is 0.394 e. The Labute approximate surface area is 90.7 Å². The minimum absolute atomic E-state index is 0.205. The van der Waals surface area contributed by atoms with Crippen molar-refractivity contribution < 1.29 is 13.9 Å². The average Bonchev–Trinajstić information content (AvgIpc) is 2.29. The number of rotatable bonds is 2. The molecule has 0 saturated heterocycles. The third-order valence-corrected chi connectivity index (χ3v) is 1.99. The van der Waals surface area contributed by atoms with Crippen molar-refractivity contribution in [2.24, 2.45) is 0 Å². The van der Waals surface area contributed by atoms with Gasteiger partial charge in [-0.05, 0) is 19.1 Å². The fourth-order valence-corrected chi connectivity index (χ4v) is 1.30.